The average Bonchev–Trinajstić information content (AvgIpc) is 2.38. The van der Waals surface area contributed by atoms with Gasteiger partial charge in [-0.05, 0) is 19.9 Å². The van der Waals surface area contributed by atoms with Crippen LogP contribution in [0.5, 0.6) is 0 Å². The molecule has 1 rings (SSSR count). The first-order valence-corrected chi connectivity index (χ1v) is 6.70. The summed E-state index contributed by atoms with van der Waals surface area (Å²) in [5, 5.41) is 11.2. The number of nitrogens with zero attached hydrogens (tertiary/aromatic N) is 1. The molecule has 0 saturated heterocycles. The number of carbonyl (C=O) groups excluding carboxylic acids is 2. The van der Waals surface area contributed by atoms with Gasteiger partial charge in [-0.15, -0.1) is 0 Å². The Hall–Kier alpha value is -1.63. The highest BCUT2D eigenvalue weighted by Crippen LogP contribution is 2.35. The van der Waals surface area contributed by atoms with E-state index in [2.05, 4.69) is 10.1 Å². The summed E-state index contributed by atoms with van der Waals surface area (Å²) in [5.41, 5.74) is -0.502. The summed E-state index contributed by atoms with van der Waals surface area (Å²) in [6.45, 7) is -0.0254. The maximum Gasteiger partial charge on any atom is 0.413 e. The molecule has 114 valence electrons. The highest BCUT2D eigenvalue weighted by Gasteiger charge is 2.38. The van der Waals surface area contributed by atoms with Gasteiger partial charge in [-0.1, -0.05) is 19.3 Å². The molecule has 7 nitrogen and oxygen atoms in total. The van der Waals surface area contributed by atoms with Gasteiger partial charge in [0.05, 0.1) is 20.1 Å². The van der Waals surface area contributed by atoms with E-state index in [1.54, 1.807) is 11.9 Å². The van der Waals surface area contributed by atoms with Gasteiger partial charge in [0.1, 0.15) is 0 Å². The minimum atomic E-state index is -0.868. The molecule has 1 aliphatic rings. The van der Waals surface area contributed by atoms with Crippen molar-refractivity contribution in [2.24, 2.45) is 0 Å². The van der Waals surface area contributed by atoms with Crippen LogP contribution < -0.4 is 5.32 Å². The molecule has 2 amide bonds. The number of alkyl carbamates (subject to hydrolysis) is 1. The molecule has 0 bridgehead atoms. The van der Waals surface area contributed by atoms with Crippen molar-refractivity contribution in [1.82, 2.24) is 10.2 Å². The van der Waals surface area contributed by atoms with Crippen molar-refractivity contribution in [3.63, 3.8) is 0 Å². The van der Waals surface area contributed by atoms with Crippen LogP contribution in [0.25, 0.3) is 0 Å². The molecule has 0 aliphatic heterocycles. The van der Waals surface area contributed by atoms with E-state index in [4.69, 9.17) is 5.11 Å². The normalized spacial score (nSPS) is 17.6. The Morgan fingerprint density at radius 1 is 1.25 bits per heavy atom. The van der Waals surface area contributed by atoms with Gasteiger partial charge in [0, 0.05) is 5.54 Å². The molecule has 0 atom stereocenters. The number of carboxylic acid groups (broad SMARTS) is 1. The van der Waals surface area contributed by atoms with Crippen molar-refractivity contribution in [1.29, 1.82) is 0 Å². The second-order valence-electron chi connectivity index (χ2n) is 5.25. The fourth-order valence-corrected chi connectivity index (χ4v) is 2.77. The summed E-state index contributed by atoms with van der Waals surface area (Å²) in [6, 6.07) is 0. The van der Waals surface area contributed by atoms with Crippen LogP contribution in [0.3, 0.4) is 0 Å². The summed E-state index contributed by atoms with van der Waals surface area (Å²) in [7, 11) is 2.91. The number of carbonyl (C=O) groups is 3. The van der Waals surface area contributed by atoms with Gasteiger partial charge < -0.3 is 9.84 Å². The standard InChI is InChI=1S/C13H22N2O5/c1-15(9-10(16)14-12(19)20-2)13(8-11(17)18)6-4-3-5-7-13/h3-9H2,1-2H3,(H,17,18)(H,14,16,19). The lowest BCUT2D eigenvalue weighted by Gasteiger charge is -2.43. The van der Waals surface area contributed by atoms with Gasteiger partial charge in [0.2, 0.25) is 5.91 Å². The van der Waals surface area contributed by atoms with E-state index in [1.165, 1.54) is 7.11 Å². The van der Waals surface area contributed by atoms with Crippen LogP contribution >= 0.6 is 0 Å². The molecule has 20 heavy (non-hydrogen) atoms. The molecular weight excluding hydrogens is 264 g/mol. The third-order valence-electron chi connectivity index (χ3n) is 3.88. The van der Waals surface area contributed by atoms with Crippen LogP contribution in [0.1, 0.15) is 38.5 Å². The summed E-state index contributed by atoms with van der Waals surface area (Å²) >= 11 is 0. The largest absolute Gasteiger partial charge is 0.481 e. The van der Waals surface area contributed by atoms with E-state index in [9.17, 15) is 14.4 Å². The molecule has 7 heteroatoms. The predicted octanol–water partition coefficient (Wildman–Crippen LogP) is 0.978. The van der Waals surface area contributed by atoms with Crippen LogP contribution in [-0.2, 0) is 14.3 Å². The zero-order valence-electron chi connectivity index (χ0n) is 12.0. The molecule has 1 aliphatic carbocycles. The Kier molecular flexibility index (Phi) is 5.94. The number of rotatable bonds is 5. The minimum Gasteiger partial charge on any atom is -0.481 e. The van der Waals surface area contributed by atoms with E-state index in [-0.39, 0.29) is 13.0 Å². The highest BCUT2D eigenvalue weighted by atomic mass is 16.5. The number of likely N-dealkylation sites (N-methyl/N-ethyl adjacent to an activating group) is 1. The van der Waals surface area contributed by atoms with Gasteiger partial charge >= 0.3 is 12.1 Å². The molecular formula is C13H22N2O5. The first-order valence-electron chi connectivity index (χ1n) is 6.70. The zero-order chi connectivity index (χ0) is 15.2. The van der Waals surface area contributed by atoms with E-state index in [1.807, 2.05) is 0 Å². The molecule has 0 spiro atoms. The van der Waals surface area contributed by atoms with Crippen molar-refractivity contribution in [2.75, 3.05) is 20.7 Å². The minimum absolute atomic E-state index is 0.00893. The maximum absolute atomic E-state index is 11.7. The Labute approximate surface area is 118 Å². The quantitative estimate of drug-likeness (QED) is 0.782. The molecule has 0 heterocycles. The van der Waals surface area contributed by atoms with E-state index >= 15 is 0 Å². The number of hydrogen-bond donors (Lipinski definition) is 2. The zero-order valence-corrected chi connectivity index (χ0v) is 12.0. The Bertz CT molecular complexity index is 377. The molecule has 1 saturated carbocycles. The van der Waals surface area contributed by atoms with Crippen LogP contribution in [0, 0.1) is 0 Å². The maximum atomic E-state index is 11.7. The van der Waals surface area contributed by atoms with Gasteiger partial charge in [-0.2, -0.15) is 0 Å². The first kappa shape index (κ1) is 16.4. The van der Waals surface area contributed by atoms with Crippen LogP contribution in [0.2, 0.25) is 0 Å². The van der Waals surface area contributed by atoms with Crippen molar-refractivity contribution in [2.45, 2.75) is 44.1 Å². The van der Waals surface area contributed by atoms with Gasteiger partial charge in [0.25, 0.3) is 0 Å². The second-order valence-corrected chi connectivity index (χ2v) is 5.25. The highest BCUT2D eigenvalue weighted by molar-refractivity contribution is 5.92. The van der Waals surface area contributed by atoms with Gasteiger partial charge in [0.15, 0.2) is 0 Å². The third kappa shape index (κ3) is 4.48. The van der Waals surface area contributed by atoms with E-state index < -0.39 is 23.5 Å². The Morgan fingerprint density at radius 3 is 2.35 bits per heavy atom. The SMILES string of the molecule is COC(=O)NC(=O)CN(C)C1(CC(=O)O)CCCCC1. The number of methoxy groups -OCH3 is 1. The lowest BCUT2D eigenvalue weighted by molar-refractivity contribution is -0.142. The van der Waals surface area contributed by atoms with Crippen LogP contribution in [0.15, 0.2) is 0 Å². The smallest absolute Gasteiger partial charge is 0.413 e. The lowest BCUT2D eigenvalue weighted by Crippen LogP contribution is -2.53. The Morgan fingerprint density at radius 2 is 1.85 bits per heavy atom. The summed E-state index contributed by atoms with van der Waals surface area (Å²) in [6.07, 6.45) is 3.70. The van der Waals surface area contributed by atoms with Gasteiger partial charge in [-0.3, -0.25) is 19.8 Å². The average molecular weight is 286 g/mol. The molecule has 0 aromatic heterocycles. The van der Waals surface area contributed by atoms with Crippen molar-refractivity contribution < 1.29 is 24.2 Å². The Balaban J connectivity index is 2.68. The lowest BCUT2D eigenvalue weighted by atomic mass is 9.78. The van der Waals surface area contributed by atoms with Crippen molar-refractivity contribution in [3.8, 4) is 0 Å². The number of ether oxygens (including phenoxy) is 1. The summed E-state index contributed by atoms with van der Waals surface area (Å²) in [4.78, 5) is 35.5. The fraction of sp³-hybridized carbons (Fsp3) is 0.769. The fourth-order valence-electron chi connectivity index (χ4n) is 2.77. The first-order chi connectivity index (χ1) is 9.39. The number of aliphatic carboxylic acids is 1. The summed E-state index contributed by atoms with van der Waals surface area (Å²) in [5.74, 6) is -1.36. The van der Waals surface area contributed by atoms with Crippen molar-refractivity contribution in [3.05, 3.63) is 0 Å². The third-order valence-corrected chi connectivity index (χ3v) is 3.88. The number of hydrogen-bond acceptors (Lipinski definition) is 5. The molecule has 0 aromatic rings. The molecule has 0 unspecified atom stereocenters. The topological polar surface area (TPSA) is 95.9 Å². The molecule has 1 fully saturated rings. The number of nitrogens with one attached hydrogen (secondary N) is 1. The molecule has 0 aromatic carbocycles. The number of amides is 2. The second kappa shape index (κ2) is 7.23. The van der Waals surface area contributed by atoms with Crippen molar-refractivity contribution >= 4 is 18.0 Å². The molecule has 0 radical (unpaired) electrons. The van der Waals surface area contributed by atoms with E-state index in [0.717, 1.165) is 32.1 Å². The van der Waals surface area contributed by atoms with E-state index in [0.29, 0.717) is 0 Å². The number of imide groups is 1. The van der Waals surface area contributed by atoms with Crippen LogP contribution in [0.4, 0.5) is 4.79 Å². The summed E-state index contributed by atoms with van der Waals surface area (Å²) < 4.78 is 4.35. The van der Waals surface area contributed by atoms with Gasteiger partial charge in [-0.25, -0.2) is 4.79 Å². The monoisotopic (exact) mass is 286 g/mol. The molecule has 2 N–H and O–H groups in total. The van der Waals surface area contributed by atoms with Crippen LogP contribution in [-0.4, -0.2) is 54.2 Å². The number of carboxylic acids is 1. The predicted molar refractivity (Wildman–Crippen MR) is 71.2 cm³/mol.